The summed E-state index contributed by atoms with van der Waals surface area (Å²) in [6.07, 6.45) is 10.1. The van der Waals surface area contributed by atoms with E-state index in [9.17, 15) is 5.11 Å². The van der Waals surface area contributed by atoms with Crippen LogP contribution in [0.3, 0.4) is 0 Å². The van der Waals surface area contributed by atoms with E-state index >= 15 is 0 Å². The molecule has 2 fully saturated rings. The molecule has 2 aliphatic carbocycles. The summed E-state index contributed by atoms with van der Waals surface area (Å²) in [5.41, 5.74) is 2.06. The third-order valence-electron chi connectivity index (χ3n) is 6.36. The number of anilines is 1. The van der Waals surface area contributed by atoms with Gasteiger partial charge in [0, 0.05) is 24.7 Å². The van der Waals surface area contributed by atoms with E-state index in [1.807, 2.05) is 24.3 Å². The normalized spacial score (nSPS) is 23.7. The predicted octanol–water partition coefficient (Wildman–Crippen LogP) is 3.44. The standard InChI is InChI=1S/C21H24N6O/c1-26(17-11-14-2-3-15(10-14)12-17)21-7-6-19(23-24-21)18-5-4-16(13-20(18)28)27-9-8-22-25-27/h4-9,13-15,17,28H,2-3,10-12H2,1H3/t14-,15?,17?/m0/s1. The topological polar surface area (TPSA) is 80.0 Å². The van der Waals surface area contributed by atoms with Gasteiger partial charge in [0.15, 0.2) is 5.82 Å². The SMILES string of the molecule is CN(c1ccc(-c2ccc(-n3ccnn3)cc2O)nn1)C1CC2CC[C@@H](C2)C1. The van der Waals surface area contributed by atoms with Crippen LogP contribution in [0.4, 0.5) is 5.82 Å². The molecule has 2 bridgehead atoms. The molecule has 0 spiro atoms. The third kappa shape index (κ3) is 3.10. The number of hydrogen-bond acceptors (Lipinski definition) is 6. The molecule has 5 rings (SSSR count). The summed E-state index contributed by atoms with van der Waals surface area (Å²) in [4.78, 5) is 2.29. The number of phenols is 1. The minimum absolute atomic E-state index is 0.146. The van der Waals surface area contributed by atoms with Crippen LogP contribution in [0.25, 0.3) is 16.9 Å². The summed E-state index contributed by atoms with van der Waals surface area (Å²) in [7, 11) is 2.13. The molecule has 7 heteroatoms. The Morgan fingerprint density at radius 3 is 2.50 bits per heavy atom. The van der Waals surface area contributed by atoms with Crippen molar-refractivity contribution in [3.63, 3.8) is 0 Å². The molecular weight excluding hydrogens is 352 g/mol. The fourth-order valence-corrected chi connectivity index (χ4v) is 4.86. The van der Waals surface area contributed by atoms with Crippen molar-refractivity contribution in [2.75, 3.05) is 11.9 Å². The summed E-state index contributed by atoms with van der Waals surface area (Å²) >= 11 is 0. The lowest BCUT2D eigenvalue weighted by Crippen LogP contribution is -2.37. The van der Waals surface area contributed by atoms with E-state index in [-0.39, 0.29) is 5.75 Å². The van der Waals surface area contributed by atoms with Crippen LogP contribution in [-0.4, -0.2) is 43.4 Å². The molecule has 0 amide bonds. The molecule has 2 unspecified atom stereocenters. The van der Waals surface area contributed by atoms with Crippen LogP contribution < -0.4 is 4.90 Å². The lowest BCUT2D eigenvalue weighted by Gasteiger charge is -2.35. The van der Waals surface area contributed by atoms with Crippen LogP contribution in [0.2, 0.25) is 0 Å². The highest BCUT2D eigenvalue weighted by Crippen LogP contribution is 2.43. The van der Waals surface area contributed by atoms with Crippen molar-refractivity contribution in [3.05, 3.63) is 42.7 Å². The van der Waals surface area contributed by atoms with Gasteiger partial charge in [0.05, 0.1) is 23.8 Å². The molecule has 7 nitrogen and oxygen atoms in total. The van der Waals surface area contributed by atoms with Crippen molar-refractivity contribution >= 4 is 5.82 Å². The number of phenolic OH excluding ortho intramolecular Hbond substituents is 1. The molecule has 1 aromatic carbocycles. The Morgan fingerprint density at radius 1 is 1.04 bits per heavy atom. The van der Waals surface area contributed by atoms with E-state index in [0.717, 1.165) is 23.3 Å². The Bertz CT molecular complexity index is 944. The highest BCUT2D eigenvalue weighted by molar-refractivity contribution is 5.68. The number of benzene rings is 1. The van der Waals surface area contributed by atoms with Gasteiger partial charge < -0.3 is 10.0 Å². The van der Waals surface area contributed by atoms with Crippen molar-refractivity contribution in [3.8, 4) is 22.7 Å². The smallest absolute Gasteiger partial charge is 0.151 e. The molecule has 0 saturated heterocycles. The van der Waals surface area contributed by atoms with Crippen LogP contribution in [0, 0.1) is 11.8 Å². The van der Waals surface area contributed by atoms with Crippen LogP contribution in [0.15, 0.2) is 42.7 Å². The molecule has 2 saturated carbocycles. The van der Waals surface area contributed by atoms with E-state index in [2.05, 4.69) is 32.5 Å². The Kier molecular flexibility index (Phi) is 4.22. The van der Waals surface area contributed by atoms with Crippen molar-refractivity contribution in [1.29, 1.82) is 0 Å². The quantitative estimate of drug-likeness (QED) is 0.751. The van der Waals surface area contributed by atoms with Gasteiger partial charge in [0.1, 0.15) is 5.75 Å². The van der Waals surface area contributed by atoms with E-state index in [0.29, 0.717) is 17.3 Å². The second-order valence-electron chi connectivity index (χ2n) is 8.11. The summed E-state index contributed by atoms with van der Waals surface area (Å²) in [6, 6.07) is 9.86. The molecule has 2 aromatic heterocycles. The number of aromatic hydroxyl groups is 1. The Balaban J connectivity index is 1.35. The van der Waals surface area contributed by atoms with Gasteiger partial charge in [-0.15, -0.1) is 15.3 Å². The summed E-state index contributed by atoms with van der Waals surface area (Å²) in [6.45, 7) is 0. The Morgan fingerprint density at radius 2 is 1.86 bits per heavy atom. The highest BCUT2D eigenvalue weighted by atomic mass is 16.3. The molecule has 2 heterocycles. The van der Waals surface area contributed by atoms with E-state index in [4.69, 9.17) is 0 Å². The molecule has 28 heavy (non-hydrogen) atoms. The zero-order valence-electron chi connectivity index (χ0n) is 15.9. The predicted molar refractivity (Wildman–Crippen MR) is 106 cm³/mol. The molecule has 0 radical (unpaired) electrons. The van der Waals surface area contributed by atoms with E-state index in [1.165, 1.54) is 32.1 Å². The van der Waals surface area contributed by atoms with Gasteiger partial charge in [-0.05, 0) is 55.4 Å². The van der Waals surface area contributed by atoms with Crippen molar-refractivity contribution in [2.45, 2.75) is 38.1 Å². The Labute approximate surface area is 164 Å². The maximum Gasteiger partial charge on any atom is 0.151 e. The van der Waals surface area contributed by atoms with Crippen LogP contribution in [0.5, 0.6) is 5.75 Å². The Hall–Kier alpha value is -2.96. The first-order valence-electron chi connectivity index (χ1n) is 9.94. The van der Waals surface area contributed by atoms with Gasteiger partial charge in [-0.25, -0.2) is 4.68 Å². The monoisotopic (exact) mass is 376 g/mol. The minimum Gasteiger partial charge on any atom is -0.507 e. The average Bonchev–Trinajstić information content (AvgIpc) is 3.37. The van der Waals surface area contributed by atoms with Crippen LogP contribution in [-0.2, 0) is 0 Å². The van der Waals surface area contributed by atoms with Crippen LogP contribution in [0.1, 0.15) is 32.1 Å². The largest absolute Gasteiger partial charge is 0.507 e. The third-order valence-corrected chi connectivity index (χ3v) is 6.36. The first kappa shape index (κ1) is 17.2. The first-order chi connectivity index (χ1) is 13.7. The maximum absolute atomic E-state index is 10.5. The zero-order chi connectivity index (χ0) is 19.1. The number of hydrogen-bond donors (Lipinski definition) is 1. The molecular formula is C21H24N6O. The molecule has 3 aromatic rings. The molecule has 1 N–H and O–H groups in total. The van der Waals surface area contributed by atoms with Gasteiger partial charge in [-0.1, -0.05) is 18.1 Å². The lowest BCUT2D eigenvalue weighted by atomic mass is 9.85. The first-order valence-corrected chi connectivity index (χ1v) is 9.94. The molecule has 2 aliphatic rings. The number of fused-ring (bicyclic) bond motifs is 2. The van der Waals surface area contributed by atoms with Crippen LogP contribution >= 0.6 is 0 Å². The number of nitrogens with zero attached hydrogens (tertiary/aromatic N) is 6. The highest BCUT2D eigenvalue weighted by Gasteiger charge is 2.36. The van der Waals surface area contributed by atoms with Gasteiger partial charge in [0.25, 0.3) is 0 Å². The average molecular weight is 376 g/mol. The maximum atomic E-state index is 10.5. The number of rotatable bonds is 4. The van der Waals surface area contributed by atoms with E-state index < -0.39 is 0 Å². The summed E-state index contributed by atoms with van der Waals surface area (Å²) in [5, 5.41) is 27.0. The second kappa shape index (κ2) is 6.89. The fraction of sp³-hybridized carbons (Fsp3) is 0.429. The fourth-order valence-electron chi connectivity index (χ4n) is 4.86. The molecule has 0 aliphatic heterocycles. The van der Waals surface area contributed by atoms with Gasteiger partial charge in [0.2, 0.25) is 0 Å². The molecule has 3 atom stereocenters. The van der Waals surface area contributed by atoms with Crippen molar-refractivity contribution in [2.24, 2.45) is 11.8 Å². The zero-order valence-corrected chi connectivity index (χ0v) is 15.9. The van der Waals surface area contributed by atoms with Gasteiger partial charge in [-0.3, -0.25) is 0 Å². The van der Waals surface area contributed by atoms with Crippen molar-refractivity contribution in [1.82, 2.24) is 25.2 Å². The van der Waals surface area contributed by atoms with Gasteiger partial charge >= 0.3 is 0 Å². The summed E-state index contributed by atoms with van der Waals surface area (Å²) in [5.74, 6) is 2.82. The molecule has 144 valence electrons. The van der Waals surface area contributed by atoms with E-state index in [1.54, 1.807) is 23.1 Å². The lowest BCUT2D eigenvalue weighted by molar-refractivity contribution is 0.312. The minimum atomic E-state index is 0.146. The van der Waals surface area contributed by atoms with Crippen molar-refractivity contribution < 1.29 is 5.11 Å². The number of aromatic nitrogens is 5. The summed E-state index contributed by atoms with van der Waals surface area (Å²) < 4.78 is 1.60. The van der Waals surface area contributed by atoms with Gasteiger partial charge in [-0.2, -0.15) is 0 Å². The second-order valence-corrected chi connectivity index (χ2v) is 8.11.